The van der Waals surface area contributed by atoms with Gasteiger partial charge in [-0.2, -0.15) is 0 Å². The Labute approximate surface area is 131 Å². The molecule has 0 amide bonds. The Morgan fingerprint density at radius 1 is 1.00 bits per heavy atom. The summed E-state index contributed by atoms with van der Waals surface area (Å²) >= 11 is -1.71. The van der Waals surface area contributed by atoms with Crippen molar-refractivity contribution < 1.29 is 46.1 Å². The van der Waals surface area contributed by atoms with E-state index in [9.17, 15) is 0 Å². The number of halogens is 2. The molecule has 0 N–H and O–H groups in total. The first-order valence-corrected chi connectivity index (χ1v) is 10.1. The molecule has 0 unspecified atom stereocenters. The summed E-state index contributed by atoms with van der Waals surface area (Å²) in [5, 5.41) is 0. The molecule has 0 atom stereocenters. The number of rotatable bonds is 2. The Morgan fingerprint density at radius 2 is 1.61 bits per heavy atom. The van der Waals surface area contributed by atoms with Gasteiger partial charge in [-0.15, -0.1) is 0 Å². The van der Waals surface area contributed by atoms with E-state index in [0.717, 1.165) is 0 Å². The van der Waals surface area contributed by atoms with Gasteiger partial charge in [0.15, 0.2) is 0 Å². The molecule has 0 spiro atoms. The summed E-state index contributed by atoms with van der Waals surface area (Å²) in [5.41, 5.74) is 6.17. The molecule has 0 bridgehead atoms. The smallest absolute Gasteiger partial charge is 1.00 e. The van der Waals surface area contributed by atoms with Crippen LogP contribution in [0.2, 0.25) is 0 Å². The van der Waals surface area contributed by atoms with Gasteiger partial charge in [-0.25, -0.2) is 0 Å². The van der Waals surface area contributed by atoms with Gasteiger partial charge in [0.1, 0.15) is 0 Å². The van der Waals surface area contributed by atoms with Crippen LogP contribution in [0.25, 0.3) is 0 Å². The minimum Gasteiger partial charge on any atom is -1.00 e. The van der Waals surface area contributed by atoms with E-state index in [1.807, 2.05) is 0 Å². The van der Waals surface area contributed by atoms with Gasteiger partial charge in [-0.1, -0.05) is 0 Å². The average molecular weight is 362 g/mol. The Balaban J connectivity index is 0.00000144. The Morgan fingerprint density at radius 3 is 2.00 bits per heavy atom. The van der Waals surface area contributed by atoms with E-state index in [2.05, 4.69) is 44.1 Å². The third-order valence-electron chi connectivity index (χ3n) is 3.99. The Bertz CT molecular complexity index is 491. The third-order valence-corrected chi connectivity index (χ3v) is 10.4. The maximum atomic E-state index is 4.59. The van der Waals surface area contributed by atoms with Crippen molar-refractivity contribution in [2.24, 2.45) is 0 Å². The maximum absolute atomic E-state index is 4.59. The summed E-state index contributed by atoms with van der Waals surface area (Å²) in [6, 6.07) is 0. The molecule has 98 valence electrons. The van der Waals surface area contributed by atoms with Crippen molar-refractivity contribution in [2.75, 3.05) is 0 Å². The van der Waals surface area contributed by atoms with Gasteiger partial charge in [-0.05, 0) is 0 Å². The molecule has 2 rings (SSSR count). The molecule has 0 aromatic carbocycles. The zero-order valence-electron chi connectivity index (χ0n) is 11.5. The van der Waals surface area contributed by atoms with Crippen LogP contribution in [0.5, 0.6) is 0 Å². The second-order valence-electron chi connectivity index (χ2n) is 4.93. The Kier molecular flexibility index (Phi) is 7.29. The van der Waals surface area contributed by atoms with Crippen molar-refractivity contribution >= 4 is 4.21 Å². The van der Waals surface area contributed by atoms with Gasteiger partial charge in [0, 0.05) is 0 Å². The van der Waals surface area contributed by atoms with Crippen LogP contribution in [-0.4, -0.2) is 4.21 Å². The predicted molar refractivity (Wildman–Crippen MR) is 69.3 cm³/mol. The quantitative estimate of drug-likeness (QED) is 0.549. The minimum absolute atomic E-state index is 0. The summed E-state index contributed by atoms with van der Waals surface area (Å²) in [5.74, 6) is 0. The monoisotopic (exact) mass is 360 g/mol. The van der Waals surface area contributed by atoms with Gasteiger partial charge < -0.3 is 24.8 Å². The molecule has 0 aromatic heterocycles. The number of hydrogen-bond acceptors (Lipinski definition) is 0. The van der Waals surface area contributed by atoms with Gasteiger partial charge in [0.25, 0.3) is 0 Å². The third kappa shape index (κ3) is 3.24. The summed E-state index contributed by atoms with van der Waals surface area (Å²) in [6.07, 6.45) is 6.97. The van der Waals surface area contributed by atoms with Crippen LogP contribution in [-0.2, 0) is 21.3 Å². The van der Waals surface area contributed by atoms with Crippen molar-refractivity contribution in [1.29, 1.82) is 0 Å². The maximum Gasteiger partial charge on any atom is -1.00 e. The van der Waals surface area contributed by atoms with Crippen LogP contribution in [0.3, 0.4) is 0 Å². The van der Waals surface area contributed by atoms with E-state index >= 15 is 0 Å². The number of allylic oxidation sites excluding steroid dienone is 8. The second kappa shape index (κ2) is 7.18. The molecule has 0 heterocycles. The SMILES string of the molecule is [CH2]=[Zr+2]([C]1=C(C)C=CC1)[C]1=C(C)C(C)=C(C)C1.[Cl-].[Cl-]. The van der Waals surface area contributed by atoms with E-state index in [0.29, 0.717) is 0 Å². The first kappa shape index (κ1) is 18.3. The molecular weight excluding hydrogens is 342 g/mol. The second-order valence-corrected chi connectivity index (χ2v) is 10.3. The van der Waals surface area contributed by atoms with Crippen LogP contribution < -0.4 is 24.8 Å². The van der Waals surface area contributed by atoms with Gasteiger partial charge in [0.05, 0.1) is 0 Å². The molecule has 2 aliphatic rings. The van der Waals surface area contributed by atoms with Crippen molar-refractivity contribution in [3.8, 4) is 0 Å². The molecule has 0 nitrogen and oxygen atoms in total. The standard InChI is InChI=1S/C8H11.C6H7.CH2.2ClH.Zr/c1-6-4-5-7(2)8(6)3;1-6-4-2-3-5-6;;;;/h4H2,1-3H3;2,4H,3H2,1H3;1H2;2*1H;/q;;;;;+2/p-2. The normalized spacial score (nSPS) is 17.7. The fourth-order valence-corrected chi connectivity index (χ4v) is 8.48. The molecular formula is C15H20Cl2Zr. The van der Waals surface area contributed by atoms with Crippen molar-refractivity contribution in [3.05, 3.63) is 41.0 Å². The van der Waals surface area contributed by atoms with E-state index in [4.69, 9.17) is 0 Å². The van der Waals surface area contributed by atoms with E-state index in [1.54, 1.807) is 17.7 Å². The van der Waals surface area contributed by atoms with Crippen LogP contribution in [0.15, 0.2) is 41.0 Å². The summed E-state index contributed by atoms with van der Waals surface area (Å²) in [7, 11) is 0. The minimum atomic E-state index is -1.71. The van der Waals surface area contributed by atoms with Crippen molar-refractivity contribution in [2.45, 2.75) is 40.5 Å². The Hall–Kier alpha value is 0.293. The molecule has 0 aromatic rings. The number of hydrogen-bond donors (Lipinski definition) is 0. The van der Waals surface area contributed by atoms with E-state index < -0.39 is 21.3 Å². The first-order chi connectivity index (χ1) is 7.52. The fraction of sp³-hybridized carbons (Fsp3) is 0.400. The van der Waals surface area contributed by atoms with E-state index in [-0.39, 0.29) is 24.8 Å². The molecule has 2 aliphatic carbocycles. The molecule has 0 saturated heterocycles. The van der Waals surface area contributed by atoms with Crippen LogP contribution in [0, 0.1) is 0 Å². The van der Waals surface area contributed by atoms with Crippen molar-refractivity contribution in [1.82, 2.24) is 0 Å². The van der Waals surface area contributed by atoms with Crippen LogP contribution >= 0.6 is 0 Å². The topological polar surface area (TPSA) is 0 Å². The van der Waals surface area contributed by atoms with Gasteiger partial charge >= 0.3 is 107 Å². The molecule has 0 fully saturated rings. The van der Waals surface area contributed by atoms with Crippen LogP contribution in [0.4, 0.5) is 0 Å². The fourth-order valence-electron chi connectivity index (χ4n) is 2.57. The molecule has 18 heavy (non-hydrogen) atoms. The van der Waals surface area contributed by atoms with E-state index in [1.165, 1.54) is 24.0 Å². The average Bonchev–Trinajstić information content (AvgIpc) is 2.77. The molecule has 0 saturated carbocycles. The first-order valence-electron chi connectivity index (χ1n) is 5.94. The summed E-state index contributed by atoms with van der Waals surface area (Å²) < 4.78 is 8.03. The zero-order chi connectivity index (χ0) is 11.9. The van der Waals surface area contributed by atoms with Crippen molar-refractivity contribution in [3.63, 3.8) is 0 Å². The summed E-state index contributed by atoms with van der Waals surface area (Å²) in [6.45, 7) is 9.09. The molecule has 3 heteroatoms. The van der Waals surface area contributed by atoms with Crippen LogP contribution in [0.1, 0.15) is 40.5 Å². The predicted octanol–water partition coefficient (Wildman–Crippen LogP) is -1.71. The summed E-state index contributed by atoms with van der Waals surface area (Å²) in [4.78, 5) is 0. The molecule has 0 aliphatic heterocycles. The zero-order valence-corrected chi connectivity index (χ0v) is 15.5. The molecule has 0 radical (unpaired) electrons. The largest absolute Gasteiger partial charge is 1.00 e. The van der Waals surface area contributed by atoms with Gasteiger partial charge in [0.2, 0.25) is 0 Å². The van der Waals surface area contributed by atoms with Gasteiger partial charge in [-0.3, -0.25) is 0 Å².